The SMILES string of the molecule is CC(=O)Nc1ncnc2c1ncn2[C@H]1CO[C@@H](COP2OC(=O)c3ccccc3O2)[C@@H]1OC(C)=O. The van der Waals surface area contributed by atoms with Gasteiger partial charge in [0.2, 0.25) is 5.91 Å². The third-order valence-electron chi connectivity index (χ3n) is 5.32. The molecule has 2 aromatic heterocycles. The van der Waals surface area contributed by atoms with E-state index in [9.17, 15) is 14.4 Å². The number of hydrogen-bond donors (Lipinski definition) is 1. The van der Waals surface area contributed by atoms with Gasteiger partial charge in [-0.15, -0.1) is 0 Å². The smallest absolute Gasteiger partial charge is 0.457 e. The summed E-state index contributed by atoms with van der Waals surface area (Å²) < 4.78 is 29.8. The first-order valence-corrected chi connectivity index (χ1v) is 11.7. The lowest BCUT2D eigenvalue weighted by Gasteiger charge is -2.26. The van der Waals surface area contributed by atoms with E-state index in [0.29, 0.717) is 22.5 Å². The van der Waals surface area contributed by atoms with E-state index >= 15 is 0 Å². The van der Waals surface area contributed by atoms with Crippen LogP contribution in [-0.4, -0.2) is 62.8 Å². The number of nitrogens with zero attached hydrogens (tertiary/aromatic N) is 4. The molecule has 1 amide bonds. The number of fused-ring (bicyclic) bond motifs is 2. The number of carbonyl (C=O) groups is 3. The molecule has 13 nitrogen and oxygen atoms in total. The third kappa shape index (κ3) is 4.65. The van der Waals surface area contributed by atoms with E-state index in [1.165, 1.54) is 26.5 Å². The number of anilines is 1. The maximum Gasteiger partial charge on any atom is 0.465 e. The van der Waals surface area contributed by atoms with Crippen LogP contribution in [0.1, 0.15) is 30.2 Å². The van der Waals surface area contributed by atoms with Gasteiger partial charge in [-0.25, -0.2) is 19.7 Å². The van der Waals surface area contributed by atoms with Crippen LogP contribution in [0.15, 0.2) is 36.9 Å². The summed E-state index contributed by atoms with van der Waals surface area (Å²) in [5.74, 6) is -0.707. The first kappa shape index (κ1) is 23.1. The second-order valence-corrected chi connectivity index (χ2v) is 8.80. The molecule has 0 saturated carbocycles. The first-order chi connectivity index (χ1) is 16.9. The van der Waals surface area contributed by atoms with Gasteiger partial charge in [0.1, 0.15) is 23.7 Å². The molecule has 4 heterocycles. The molecular formula is C21H20N5O8P. The number of carbonyl (C=O) groups excluding carboxylic acids is 3. The number of rotatable bonds is 6. The minimum absolute atomic E-state index is 0.0612. The van der Waals surface area contributed by atoms with Gasteiger partial charge < -0.3 is 28.4 Å². The van der Waals surface area contributed by atoms with Crippen molar-refractivity contribution in [1.29, 1.82) is 0 Å². The average Bonchev–Trinajstić information content (AvgIpc) is 3.41. The zero-order valence-corrected chi connectivity index (χ0v) is 19.5. The summed E-state index contributed by atoms with van der Waals surface area (Å²) in [6.45, 7) is 2.76. The van der Waals surface area contributed by atoms with Gasteiger partial charge in [0.15, 0.2) is 23.1 Å². The van der Waals surface area contributed by atoms with Gasteiger partial charge in [0.05, 0.1) is 25.6 Å². The summed E-state index contributed by atoms with van der Waals surface area (Å²) >= 11 is 0. The molecule has 1 N–H and O–H groups in total. The molecule has 0 aliphatic carbocycles. The number of amides is 1. The van der Waals surface area contributed by atoms with Crippen LogP contribution in [0.2, 0.25) is 0 Å². The quantitative estimate of drug-likeness (QED) is 0.390. The Kier molecular flexibility index (Phi) is 6.29. The van der Waals surface area contributed by atoms with Crippen LogP contribution in [0.4, 0.5) is 5.82 Å². The fourth-order valence-electron chi connectivity index (χ4n) is 3.86. The first-order valence-electron chi connectivity index (χ1n) is 10.6. The summed E-state index contributed by atoms with van der Waals surface area (Å²) in [5.41, 5.74) is 1.13. The van der Waals surface area contributed by atoms with Gasteiger partial charge in [-0.05, 0) is 12.1 Å². The molecule has 1 aromatic carbocycles. The van der Waals surface area contributed by atoms with Gasteiger partial charge in [0.25, 0.3) is 0 Å². The molecule has 5 rings (SSSR count). The minimum Gasteiger partial charge on any atom is -0.457 e. The number of esters is 1. The normalized spacial score (nSPS) is 23.3. The summed E-state index contributed by atoms with van der Waals surface area (Å²) in [7, 11) is -2.00. The van der Waals surface area contributed by atoms with Crippen LogP contribution in [0.3, 0.4) is 0 Å². The van der Waals surface area contributed by atoms with Crippen molar-refractivity contribution >= 4 is 43.4 Å². The number of para-hydroxylation sites is 1. The fourth-order valence-corrected chi connectivity index (χ4v) is 4.82. The summed E-state index contributed by atoms with van der Waals surface area (Å²) in [5, 5.41) is 2.62. The molecular weight excluding hydrogens is 481 g/mol. The molecule has 3 aromatic rings. The zero-order chi connectivity index (χ0) is 24.5. The summed E-state index contributed by atoms with van der Waals surface area (Å²) in [6, 6.07) is 6.21. The molecule has 2 aliphatic rings. The fraction of sp³-hybridized carbons (Fsp3) is 0.333. The Bertz CT molecular complexity index is 1300. The van der Waals surface area contributed by atoms with Crippen LogP contribution in [-0.2, 0) is 28.1 Å². The van der Waals surface area contributed by atoms with E-state index < -0.39 is 38.8 Å². The molecule has 0 spiro atoms. The van der Waals surface area contributed by atoms with Gasteiger partial charge in [0, 0.05) is 13.8 Å². The predicted octanol–water partition coefficient (Wildman–Crippen LogP) is 2.15. The Balaban J connectivity index is 1.34. The maximum atomic E-state index is 12.2. The Morgan fingerprint density at radius 1 is 1.20 bits per heavy atom. The number of imidazole rings is 1. The van der Waals surface area contributed by atoms with Crippen molar-refractivity contribution in [2.45, 2.75) is 32.1 Å². The molecule has 0 bridgehead atoms. The summed E-state index contributed by atoms with van der Waals surface area (Å²) in [6.07, 6.45) is 1.39. The van der Waals surface area contributed by atoms with Crippen molar-refractivity contribution in [3.8, 4) is 5.75 Å². The molecule has 182 valence electrons. The highest BCUT2D eigenvalue weighted by molar-refractivity contribution is 7.43. The van der Waals surface area contributed by atoms with Crippen molar-refractivity contribution in [3.05, 3.63) is 42.5 Å². The highest BCUT2D eigenvalue weighted by Crippen LogP contribution is 2.47. The van der Waals surface area contributed by atoms with Gasteiger partial charge in [-0.3, -0.25) is 14.1 Å². The van der Waals surface area contributed by atoms with Crippen LogP contribution >= 0.6 is 8.60 Å². The van der Waals surface area contributed by atoms with E-state index in [4.69, 9.17) is 23.0 Å². The molecule has 1 fully saturated rings. The maximum absolute atomic E-state index is 12.2. The second kappa shape index (κ2) is 9.53. The monoisotopic (exact) mass is 501 g/mol. The van der Waals surface area contributed by atoms with Crippen LogP contribution in [0.5, 0.6) is 5.75 Å². The van der Waals surface area contributed by atoms with Crippen molar-refractivity contribution in [1.82, 2.24) is 19.5 Å². The Labute approximate surface area is 199 Å². The van der Waals surface area contributed by atoms with E-state index in [1.54, 1.807) is 28.8 Å². The average molecular weight is 501 g/mol. The van der Waals surface area contributed by atoms with Crippen LogP contribution in [0, 0.1) is 0 Å². The van der Waals surface area contributed by atoms with Crippen molar-refractivity contribution < 1.29 is 37.4 Å². The summed E-state index contributed by atoms with van der Waals surface area (Å²) in [4.78, 5) is 48.2. The van der Waals surface area contributed by atoms with Crippen molar-refractivity contribution in [3.63, 3.8) is 0 Å². The second-order valence-electron chi connectivity index (χ2n) is 7.73. The Morgan fingerprint density at radius 2 is 2.03 bits per heavy atom. The largest absolute Gasteiger partial charge is 0.465 e. The van der Waals surface area contributed by atoms with Crippen molar-refractivity contribution in [2.75, 3.05) is 18.5 Å². The minimum atomic E-state index is -2.00. The zero-order valence-electron chi connectivity index (χ0n) is 18.6. The number of benzene rings is 1. The highest BCUT2D eigenvalue weighted by Gasteiger charge is 2.43. The number of nitrogens with one attached hydrogen (secondary N) is 1. The molecule has 1 saturated heterocycles. The lowest BCUT2D eigenvalue weighted by atomic mass is 10.1. The molecule has 0 radical (unpaired) electrons. The van der Waals surface area contributed by atoms with Crippen molar-refractivity contribution in [2.24, 2.45) is 0 Å². The molecule has 1 unspecified atom stereocenters. The number of aromatic nitrogens is 4. The lowest BCUT2D eigenvalue weighted by molar-refractivity contribution is -0.151. The number of ether oxygens (including phenoxy) is 2. The standard InChI is InChI=1S/C21H20N5O8P/c1-11(27)25-19-17-20(23-9-22-19)26(10-24-17)14-7-30-16(18(14)32-12(2)28)8-31-35-33-15-6-4-3-5-13(15)21(29)34-35/h3-6,9-10,14,16,18H,7-8H2,1-2H3,(H,22,23,25,27)/t14-,16-,18+,35?/m0/s1. The van der Waals surface area contributed by atoms with E-state index in [2.05, 4.69) is 20.3 Å². The Hall–Kier alpha value is -3.67. The van der Waals surface area contributed by atoms with Gasteiger partial charge in [-0.1, -0.05) is 12.1 Å². The molecule has 35 heavy (non-hydrogen) atoms. The van der Waals surface area contributed by atoms with E-state index in [1.807, 2.05) is 0 Å². The molecule has 4 atom stereocenters. The van der Waals surface area contributed by atoms with Crippen LogP contribution in [0.25, 0.3) is 11.2 Å². The van der Waals surface area contributed by atoms with Gasteiger partial charge >= 0.3 is 20.5 Å². The van der Waals surface area contributed by atoms with E-state index in [-0.39, 0.29) is 24.9 Å². The third-order valence-corrected chi connectivity index (χ3v) is 6.34. The Morgan fingerprint density at radius 3 is 2.83 bits per heavy atom. The van der Waals surface area contributed by atoms with Gasteiger partial charge in [-0.2, -0.15) is 0 Å². The van der Waals surface area contributed by atoms with E-state index in [0.717, 1.165) is 0 Å². The predicted molar refractivity (Wildman–Crippen MR) is 119 cm³/mol. The molecule has 2 aliphatic heterocycles. The highest BCUT2D eigenvalue weighted by atomic mass is 31.2. The molecule has 14 heteroatoms. The topological polar surface area (TPSA) is 153 Å². The number of hydrogen-bond acceptors (Lipinski definition) is 11. The lowest BCUT2D eigenvalue weighted by Crippen LogP contribution is -2.35. The van der Waals surface area contributed by atoms with Crippen LogP contribution < -0.4 is 9.84 Å².